The number of hydrogen-bond acceptors (Lipinski definition) is 6. The van der Waals surface area contributed by atoms with Gasteiger partial charge in [-0.25, -0.2) is 13.1 Å². The first kappa shape index (κ1) is 23.0. The molecule has 1 atom stereocenters. The number of nitrogens with one attached hydrogen (secondary N) is 1. The van der Waals surface area contributed by atoms with E-state index in [0.717, 1.165) is 39.1 Å². The van der Waals surface area contributed by atoms with Crippen LogP contribution in [0, 0.1) is 0 Å². The fraction of sp³-hybridized carbons (Fsp3) is 0.500. The van der Waals surface area contributed by atoms with Gasteiger partial charge in [0.2, 0.25) is 10.0 Å². The minimum Gasteiger partial charge on any atom is -0.494 e. The van der Waals surface area contributed by atoms with Crippen molar-refractivity contribution < 1.29 is 13.2 Å². The minimum atomic E-state index is -3.62. The largest absolute Gasteiger partial charge is 0.494 e. The Morgan fingerprint density at radius 3 is 2.41 bits per heavy atom. The van der Waals surface area contributed by atoms with Crippen LogP contribution in [-0.4, -0.2) is 78.2 Å². The van der Waals surface area contributed by atoms with Gasteiger partial charge in [-0.2, -0.15) is 0 Å². The van der Waals surface area contributed by atoms with Gasteiger partial charge in [0.15, 0.2) is 0 Å². The van der Waals surface area contributed by atoms with E-state index in [9.17, 15) is 8.42 Å². The van der Waals surface area contributed by atoms with Crippen LogP contribution in [0.3, 0.4) is 0 Å². The second-order valence-electron chi connectivity index (χ2n) is 8.67. The topological polar surface area (TPSA) is 65.1 Å². The van der Waals surface area contributed by atoms with Crippen molar-refractivity contribution in [1.29, 1.82) is 0 Å². The molecule has 0 amide bonds. The maximum atomic E-state index is 13.0. The third kappa shape index (κ3) is 5.09. The van der Waals surface area contributed by atoms with Crippen LogP contribution in [-0.2, 0) is 16.4 Å². The maximum absolute atomic E-state index is 13.0. The maximum Gasteiger partial charge on any atom is 0.240 e. The summed E-state index contributed by atoms with van der Waals surface area (Å²) in [6, 6.07) is 13.2. The number of sulfonamides is 1. The van der Waals surface area contributed by atoms with Crippen LogP contribution in [0.4, 0.5) is 5.69 Å². The van der Waals surface area contributed by atoms with Gasteiger partial charge in [0.25, 0.3) is 0 Å². The summed E-state index contributed by atoms with van der Waals surface area (Å²) < 4.78 is 34.3. The van der Waals surface area contributed by atoms with E-state index in [4.69, 9.17) is 4.74 Å². The van der Waals surface area contributed by atoms with Crippen LogP contribution >= 0.6 is 0 Å². The van der Waals surface area contributed by atoms with Gasteiger partial charge in [0.1, 0.15) is 5.75 Å². The Bertz CT molecular complexity index is 1020. The summed E-state index contributed by atoms with van der Waals surface area (Å²) in [7, 11) is 0.635. The molecule has 2 aromatic rings. The molecule has 174 valence electrons. The van der Waals surface area contributed by atoms with Gasteiger partial charge in [0.05, 0.1) is 11.5 Å². The van der Waals surface area contributed by atoms with Gasteiger partial charge >= 0.3 is 0 Å². The van der Waals surface area contributed by atoms with Gasteiger partial charge < -0.3 is 14.5 Å². The van der Waals surface area contributed by atoms with Crippen molar-refractivity contribution in [2.75, 3.05) is 64.9 Å². The Morgan fingerprint density at radius 2 is 1.72 bits per heavy atom. The van der Waals surface area contributed by atoms with Crippen molar-refractivity contribution in [1.82, 2.24) is 14.5 Å². The molecule has 0 spiro atoms. The summed E-state index contributed by atoms with van der Waals surface area (Å²) in [5, 5.41) is 0. The second-order valence-corrected chi connectivity index (χ2v) is 10.4. The molecule has 8 heteroatoms. The molecule has 4 rings (SSSR count). The molecule has 1 fully saturated rings. The predicted molar refractivity (Wildman–Crippen MR) is 128 cm³/mol. The van der Waals surface area contributed by atoms with Crippen molar-refractivity contribution in [3.05, 3.63) is 53.6 Å². The Labute approximate surface area is 192 Å². The van der Waals surface area contributed by atoms with E-state index in [0.29, 0.717) is 18.9 Å². The number of nitrogens with zero attached hydrogens (tertiary/aromatic N) is 3. The number of likely N-dealkylation sites (N-methyl/N-ethyl adjacent to an activating group) is 2. The van der Waals surface area contributed by atoms with Crippen molar-refractivity contribution in [2.45, 2.75) is 24.3 Å². The zero-order chi connectivity index (χ0) is 22.7. The summed E-state index contributed by atoms with van der Waals surface area (Å²) in [4.78, 5) is 7.25. The summed E-state index contributed by atoms with van der Waals surface area (Å²) >= 11 is 0. The van der Waals surface area contributed by atoms with Crippen molar-refractivity contribution in [2.24, 2.45) is 0 Å². The monoisotopic (exact) mass is 458 g/mol. The Morgan fingerprint density at radius 1 is 1.00 bits per heavy atom. The highest BCUT2D eigenvalue weighted by Gasteiger charge is 2.27. The highest BCUT2D eigenvalue weighted by atomic mass is 32.2. The Kier molecular flexibility index (Phi) is 7.05. The molecule has 1 saturated heterocycles. The van der Waals surface area contributed by atoms with Gasteiger partial charge in [-0.05, 0) is 61.9 Å². The molecular formula is C24H34N4O3S. The number of fused-ring (bicyclic) bond motifs is 1. The van der Waals surface area contributed by atoms with Crippen LogP contribution in [0.5, 0.6) is 5.75 Å². The van der Waals surface area contributed by atoms with Gasteiger partial charge in [-0.15, -0.1) is 0 Å². The number of hydrogen-bond donors (Lipinski definition) is 1. The molecule has 2 aliphatic heterocycles. The zero-order valence-corrected chi connectivity index (χ0v) is 20.1. The molecule has 2 aromatic carbocycles. The number of rotatable bonds is 8. The highest BCUT2D eigenvalue weighted by molar-refractivity contribution is 7.89. The second kappa shape index (κ2) is 9.79. The lowest BCUT2D eigenvalue weighted by molar-refractivity contribution is 0.113. The number of piperazine rings is 1. The highest BCUT2D eigenvalue weighted by Crippen LogP contribution is 2.31. The van der Waals surface area contributed by atoms with Crippen LogP contribution in [0.25, 0.3) is 0 Å². The van der Waals surface area contributed by atoms with E-state index in [1.54, 1.807) is 24.3 Å². The summed E-state index contributed by atoms with van der Waals surface area (Å²) in [6.45, 7) is 7.63. The molecule has 0 aliphatic carbocycles. The predicted octanol–water partition coefficient (Wildman–Crippen LogP) is 2.34. The molecule has 0 unspecified atom stereocenters. The van der Waals surface area contributed by atoms with E-state index in [-0.39, 0.29) is 10.9 Å². The smallest absolute Gasteiger partial charge is 0.240 e. The molecule has 0 saturated carbocycles. The molecule has 1 N–H and O–H groups in total. The molecule has 7 nitrogen and oxygen atoms in total. The SMILES string of the molecule is CCOc1ccc(S(=O)(=O)NC[C@H](c2ccc3c(c2)CCN3C)N2CCN(C)CC2)cc1. The molecular weight excluding hydrogens is 424 g/mol. The molecule has 32 heavy (non-hydrogen) atoms. The quantitative estimate of drug-likeness (QED) is 0.655. The summed E-state index contributed by atoms with van der Waals surface area (Å²) in [5.41, 5.74) is 3.80. The van der Waals surface area contributed by atoms with Crippen LogP contribution in [0.2, 0.25) is 0 Å². The summed E-state index contributed by atoms with van der Waals surface area (Å²) in [6.07, 6.45) is 1.03. The molecule has 0 radical (unpaired) electrons. The van der Waals surface area contributed by atoms with E-state index in [2.05, 4.69) is 51.7 Å². The average Bonchev–Trinajstić information content (AvgIpc) is 3.16. The summed E-state index contributed by atoms with van der Waals surface area (Å²) in [5.74, 6) is 0.671. The third-order valence-corrected chi connectivity index (χ3v) is 7.95. The lowest BCUT2D eigenvalue weighted by Crippen LogP contribution is -2.48. The Balaban J connectivity index is 1.54. The molecule has 0 bridgehead atoms. The van der Waals surface area contributed by atoms with E-state index in [1.165, 1.54) is 16.8 Å². The Hall–Kier alpha value is -2.13. The third-order valence-electron chi connectivity index (χ3n) is 6.51. The molecule has 2 aliphatic rings. The lowest BCUT2D eigenvalue weighted by atomic mass is 10.0. The number of benzene rings is 2. The van der Waals surface area contributed by atoms with Gasteiger partial charge in [-0.3, -0.25) is 4.90 Å². The van der Waals surface area contributed by atoms with E-state index in [1.807, 2.05) is 6.92 Å². The van der Waals surface area contributed by atoms with Crippen molar-refractivity contribution in [3.63, 3.8) is 0 Å². The van der Waals surface area contributed by atoms with Crippen molar-refractivity contribution in [3.8, 4) is 5.75 Å². The zero-order valence-electron chi connectivity index (χ0n) is 19.3. The average molecular weight is 459 g/mol. The number of ether oxygens (including phenoxy) is 1. The minimum absolute atomic E-state index is 0.00243. The first-order chi connectivity index (χ1) is 15.4. The fourth-order valence-corrected chi connectivity index (χ4v) is 5.58. The van der Waals surface area contributed by atoms with E-state index >= 15 is 0 Å². The first-order valence-electron chi connectivity index (χ1n) is 11.4. The number of anilines is 1. The fourth-order valence-electron chi connectivity index (χ4n) is 4.54. The standard InChI is InChI=1S/C24H34N4O3S/c1-4-31-21-6-8-22(9-7-21)32(29,30)25-18-24(28-15-13-26(2)14-16-28)19-5-10-23-20(17-19)11-12-27(23)3/h5-10,17,24-25H,4,11-16,18H2,1-3H3/t24-/m1/s1. The van der Waals surface area contributed by atoms with Crippen LogP contribution in [0.1, 0.15) is 24.1 Å². The van der Waals surface area contributed by atoms with Gasteiger partial charge in [0, 0.05) is 58.0 Å². The normalized spacial score (nSPS) is 18.5. The van der Waals surface area contributed by atoms with Crippen molar-refractivity contribution >= 4 is 15.7 Å². The van der Waals surface area contributed by atoms with Crippen LogP contribution in [0.15, 0.2) is 47.4 Å². The molecule has 2 heterocycles. The lowest BCUT2D eigenvalue weighted by Gasteiger charge is -2.38. The van der Waals surface area contributed by atoms with E-state index < -0.39 is 10.0 Å². The van der Waals surface area contributed by atoms with Crippen LogP contribution < -0.4 is 14.4 Å². The van der Waals surface area contributed by atoms with Gasteiger partial charge in [-0.1, -0.05) is 12.1 Å². The molecule has 0 aromatic heterocycles. The first-order valence-corrected chi connectivity index (χ1v) is 12.8.